The van der Waals surface area contributed by atoms with Gasteiger partial charge in [-0.2, -0.15) is 0 Å². The molecule has 0 spiro atoms. The Morgan fingerprint density at radius 1 is 1.37 bits per heavy atom. The van der Waals surface area contributed by atoms with Crippen LogP contribution in [0, 0.1) is 0 Å². The molecule has 1 amide bonds. The molecule has 5 nitrogen and oxygen atoms in total. The van der Waals surface area contributed by atoms with Crippen LogP contribution in [0.15, 0.2) is 24.3 Å². The summed E-state index contributed by atoms with van der Waals surface area (Å²) in [5.74, 6) is -0.179. The molecule has 3 N–H and O–H groups in total. The molecule has 104 valence electrons. The van der Waals surface area contributed by atoms with Crippen LogP contribution in [0.1, 0.15) is 13.8 Å². The lowest BCUT2D eigenvalue weighted by Gasteiger charge is -2.37. The van der Waals surface area contributed by atoms with Gasteiger partial charge < -0.3 is 20.7 Å². The lowest BCUT2D eigenvalue weighted by atomic mass is 10.1. The van der Waals surface area contributed by atoms with Crippen LogP contribution < -0.4 is 16.0 Å². The molecule has 2 unspecified atom stereocenters. The van der Waals surface area contributed by atoms with E-state index in [2.05, 4.69) is 24.1 Å². The van der Waals surface area contributed by atoms with Crippen molar-refractivity contribution >= 4 is 17.3 Å². The number of carbonyl (C=O) groups excluding carboxylic acids is 1. The minimum atomic E-state index is -0.179. The quantitative estimate of drug-likeness (QED) is 0.860. The van der Waals surface area contributed by atoms with Gasteiger partial charge in [-0.1, -0.05) is 12.1 Å². The first-order valence-corrected chi connectivity index (χ1v) is 6.59. The van der Waals surface area contributed by atoms with Crippen molar-refractivity contribution in [2.45, 2.75) is 26.1 Å². The fourth-order valence-electron chi connectivity index (χ4n) is 2.43. The van der Waals surface area contributed by atoms with Crippen LogP contribution in [0.3, 0.4) is 0 Å². The molecular formula is C14H21N3O2. The Kier molecular flexibility index (Phi) is 4.39. The zero-order valence-electron chi connectivity index (χ0n) is 11.4. The monoisotopic (exact) mass is 263 g/mol. The van der Waals surface area contributed by atoms with Crippen molar-refractivity contribution in [3.63, 3.8) is 0 Å². The molecule has 2 atom stereocenters. The van der Waals surface area contributed by atoms with E-state index in [0.29, 0.717) is 0 Å². The molecule has 0 aromatic heterocycles. The number of amides is 1. The summed E-state index contributed by atoms with van der Waals surface area (Å²) in [5.41, 5.74) is 7.17. The summed E-state index contributed by atoms with van der Waals surface area (Å²) in [4.78, 5) is 13.7. The number of nitrogens with one attached hydrogen (secondary N) is 1. The number of anilines is 2. The molecular weight excluding hydrogens is 242 g/mol. The van der Waals surface area contributed by atoms with Gasteiger partial charge >= 0.3 is 0 Å². The largest absolute Gasteiger partial charge is 0.372 e. The molecule has 5 heteroatoms. The number of benzene rings is 1. The van der Waals surface area contributed by atoms with Crippen LogP contribution in [0.5, 0.6) is 0 Å². The maximum absolute atomic E-state index is 11.5. The van der Waals surface area contributed by atoms with E-state index in [4.69, 9.17) is 10.5 Å². The van der Waals surface area contributed by atoms with E-state index >= 15 is 0 Å². The summed E-state index contributed by atoms with van der Waals surface area (Å²) in [5, 5.41) is 2.84. The van der Waals surface area contributed by atoms with Crippen molar-refractivity contribution in [1.82, 2.24) is 0 Å². The number of nitrogens with two attached hydrogens (primary N) is 1. The molecule has 0 aliphatic carbocycles. The zero-order valence-corrected chi connectivity index (χ0v) is 11.4. The molecule has 19 heavy (non-hydrogen) atoms. The number of morpholine rings is 1. The Bertz CT molecular complexity index is 440. The highest BCUT2D eigenvalue weighted by atomic mass is 16.5. The molecule has 0 radical (unpaired) electrons. The SMILES string of the molecule is CC1CN(c2ccccc2NC(=O)CN)CC(C)O1. The maximum atomic E-state index is 11.5. The summed E-state index contributed by atoms with van der Waals surface area (Å²) in [6, 6.07) is 7.78. The molecule has 0 bridgehead atoms. The third-order valence-electron chi connectivity index (χ3n) is 3.12. The van der Waals surface area contributed by atoms with Gasteiger partial charge in [0.2, 0.25) is 5.91 Å². The molecule has 2 rings (SSSR count). The Hall–Kier alpha value is -1.59. The average Bonchev–Trinajstić information content (AvgIpc) is 2.38. The molecule has 1 aliphatic heterocycles. The van der Waals surface area contributed by atoms with E-state index in [1.54, 1.807) is 0 Å². The minimum Gasteiger partial charge on any atom is -0.372 e. The third-order valence-corrected chi connectivity index (χ3v) is 3.12. The molecule has 1 aromatic rings. The normalized spacial score (nSPS) is 23.2. The predicted molar refractivity (Wildman–Crippen MR) is 76.3 cm³/mol. The zero-order chi connectivity index (χ0) is 13.8. The first-order chi connectivity index (χ1) is 9.10. The molecule has 0 saturated carbocycles. The van der Waals surface area contributed by atoms with E-state index < -0.39 is 0 Å². The molecule has 1 fully saturated rings. The maximum Gasteiger partial charge on any atom is 0.238 e. The molecule has 1 saturated heterocycles. The standard InChI is InChI=1S/C14H21N3O2/c1-10-8-17(9-11(2)19-10)13-6-4-3-5-12(13)16-14(18)7-15/h3-6,10-11H,7-9,15H2,1-2H3,(H,16,18). The summed E-state index contributed by atoms with van der Waals surface area (Å²) in [6.45, 7) is 5.75. The van der Waals surface area contributed by atoms with E-state index in [-0.39, 0.29) is 24.7 Å². The first kappa shape index (κ1) is 13.8. The smallest absolute Gasteiger partial charge is 0.238 e. The van der Waals surface area contributed by atoms with Gasteiger partial charge in [0.15, 0.2) is 0 Å². The highest BCUT2D eigenvalue weighted by Gasteiger charge is 2.24. The van der Waals surface area contributed by atoms with Crippen molar-refractivity contribution < 1.29 is 9.53 Å². The Balaban J connectivity index is 2.21. The number of carbonyl (C=O) groups is 1. The van der Waals surface area contributed by atoms with Crippen molar-refractivity contribution in [2.75, 3.05) is 29.9 Å². The highest BCUT2D eigenvalue weighted by molar-refractivity contribution is 5.95. The second-order valence-corrected chi connectivity index (χ2v) is 4.93. The second-order valence-electron chi connectivity index (χ2n) is 4.93. The van der Waals surface area contributed by atoms with Crippen molar-refractivity contribution in [3.8, 4) is 0 Å². The summed E-state index contributed by atoms with van der Waals surface area (Å²) in [6.07, 6.45) is 0.365. The van der Waals surface area contributed by atoms with E-state index in [9.17, 15) is 4.79 Å². The van der Waals surface area contributed by atoms with Gasteiger partial charge in [0.05, 0.1) is 30.1 Å². The van der Waals surface area contributed by atoms with Gasteiger partial charge in [-0.3, -0.25) is 4.79 Å². The van der Waals surface area contributed by atoms with Crippen LogP contribution in [0.2, 0.25) is 0 Å². The Morgan fingerprint density at radius 3 is 2.63 bits per heavy atom. The Labute approximate surface area is 113 Å². The lowest BCUT2D eigenvalue weighted by Crippen LogP contribution is -2.45. The van der Waals surface area contributed by atoms with Gasteiger partial charge in [-0.15, -0.1) is 0 Å². The second kappa shape index (κ2) is 6.04. The fourth-order valence-corrected chi connectivity index (χ4v) is 2.43. The summed E-state index contributed by atoms with van der Waals surface area (Å²) < 4.78 is 5.73. The van der Waals surface area contributed by atoms with E-state index in [0.717, 1.165) is 24.5 Å². The van der Waals surface area contributed by atoms with Gasteiger partial charge in [0, 0.05) is 13.1 Å². The summed E-state index contributed by atoms with van der Waals surface area (Å²) in [7, 11) is 0. The highest BCUT2D eigenvalue weighted by Crippen LogP contribution is 2.28. The number of nitrogens with zero attached hydrogens (tertiary/aromatic N) is 1. The van der Waals surface area contributed by atoms with Gasteiger partial charge in [-0.25, -0.2) is 0 Å². The van der Waals surface area contributed by atoms with Crippen LogP contribution >= 0.6 is 0 Å². The van der Waals surface area contributed by atoms with Crippen molar-refractivity contribution in [2.24, 2.45) is 5.73 Å². The van der Waals surface area contributed by atoms with Crippen molar-refractivity contribution in [3.05, 3.63) is 24.3 Å². The van der Waals surface area contributed by atoms with Crippen LogP contribution in [0.25, 0.3) is 0 Å². The number of hydrogen-bond donors (Lipinski definition) is 2. The fraction of sp³-hybridized carbons (Fsp3) is 0.500. The van der Waals surface area contributed by atoms with E-state index in [1.807, 2.05) is 24.3 Å². The van der Waals surface area contributed by atoms with Crippen LogP contribution in [-0.2, 0) is 9.53 Å². The first-order valence-electron chi connectivity index (χ1n) is 6.59. The minimum absolute atomic E-state index is 0.00967. The topological polar surface area (TPSA) is 67.6 Å². The van der Waals surface area contributed by atoms with Crippen LogP contribution in [0.4, 0.5) is 11.4 Å². The van der Waals surface area contributed by atoms with Crippen molar-refractivity contribution in [1.29, 1.82) is 0 Å². The molecule has 1 aliphatic rings. The molecule has 1 heterocycles. The number of rotatable bonds is 3. The third kappa shape index (κ3) is 3.45. The van der Waals surface area contributed by atoms with Gasteiger partial charge in [-0.05, 0) is 26.0 Å². The van der Waals surface area contributed by atoms with E-state index in [1.165, 1.54) is 0 Å². The van der Waals surface area contributed by atoms with Gasteiger partial charge in [0.25, 0.3) is 0 Å². The number of para-hydroxylation sites is 2. The van der Waals surface area contributed by atoms with Gasteiger partial charge in [0.1, 0.15) is 0 Å². The van der Waals surface area contributed by atoms with Crippen LogP contribution in [-0.4, -0.2) is 37.7 Å². The molecule has 1 aromatic carbocycles. The summed E-state index contributed by atoms with van der Waals surface area (Å²) >= 11 is 0. The predicted octanol–water partition coefficient (Wildman–Crippen LogP) is 1.20. The number of ether oxygens (including phenoxy) is 1. The average molecular weight is 263 g/mol. The lowest BCUT2D eigenvalue weighted by molar-refractivity contribution is -0.114. The Morgan fingerprint density at radius 2 is 2.00 bits per heavy atom. The number of hydrogen-bond acceptors (Lipinski definition) is 4.